The quantitative estimate of drug-likeness (QED) is 0.832. The van der Waals surface area contributed by atoms with Crippen LogP contribution in [0.4, 0.5) is 4.39 Å². The average Bonchev–Trinajstić information content (AvgIpc) is 2.85. The second-order valence-electron chi connectivity index (χ2n) is 5.52. The zero-order valence-corrected chi connectivity index (χ0v) is 13.1. The highest BCUT2D eigenvalue weighted by atomic mass is 32.2. The molecule has 5 nitrogen and oxygen atoms in total. The first-order valence-electron chi connectivity index (χ1n) is 6.93. The Morgan fingerprint density at radius 1 is 1.43 bits per heavy atom. The molecule has 2 rings (SSSR count). The van der Waals surface area contributed by atoms with Gasteiger partial charge < -0.3 is 10.1 Å². The summed E-state index contributed by atoms with van der Waals surface area (Å²) in [5.41, 5.74) is 0.190. The molecule has 0 saturated carbocycles. The highest BCUT2D eigenvalue weighted by Crippen LogP contribution is 2.25. The molecule has 0 aliphatic carbocycles. The van der Waals surface area contributed by atoms with E-state index in [9.17, 15) is 12.8 Å². The minimum atomic E-state index is -3.87. The monoisotopic (exact) mass is 316 g/mol. The number of rotatable bonds is 6. The first-order valence-corrected chi connectivity index (χ1v) is 8.41. The molecule has 21 heavy (non-hydrogen) atoms. The van der Waals surface area contributed by atoms with Crippen molar-refractivity contribution >= 4 is 10.0 Å². The molecule has 0 radical (unpaired) electrons. The molecule has 1 atom stereocenters. The summed E-state index contributed by atoms with van der Waals surface area (Å²) in [6, 6.07) is 4.13. The highest BCUT2D eigenvalue weighted by molar-refractivity contribution is 7.89. The van der Waals surface area contributed by atoms with Gasteiger partial charge in [0.2, 0.25) is 10.0 Å². The van der Waals surface area contributed by atoms with Crippen LogP contribution >= 0.6 is 0 Å². The smallest absolute Gasteiger partial charge is 0.243 e. The van der Waals surface area contributed by atoms with E-state index in [1.807, 2.05) is 6.92 Å². The average molecular weight is 316 g/mol. The zero-order valence-electron chi connectivity index (χ0n) is 12.3. The molecule has 1 aromatic carbocycles. The fourth-order valence-electron chi connectivity index (χ4n) is 2.38. The molecule has 1 fully saturated rings. The van der Waals surface area contributed by atoms with Gasteiger partial charge in [-0.3, -0.25) is 0 Å². The number of ether oxygens (including phenoxy) is 1. The second-order valence-corrected chi connectivity index (χ2v) is 7.26. The van der Waals surface area contributed by atoms with E-state index in [4.69, 9.17) is 4.74 Å². The fraction of sp³-hybridized carbons (Fsp3) is 0.571. The lowest BCUT2D eigenvalue weighted by atomic mass is 10.0. The predicted molar refractivity (Wildman–Crippen MR) is 77.9 cm³/mol. The Kier molecular flexibility index (Phi) is 4.98. The molecular formula is C14H21FN2O3S. The van der Waals surface area contributed by atoms with Crippen molar-refractivity contribution in [1.29, 1.82) is 0 Å². The van der Waals surface area contributed by atoms with E-state index in [-0.39, 0.29) is 11.4 Å². The van der Waals surface area contributed by atoms with Gasteiger partial charge in [0.15, 0.2) is 0 Å². The summed E-state index contributed by atoms with van der Waals surface area (Å²) in [7, 11) is -2.13. The third-order valence-corrected chi connectivity index (χ3v) is 5.04. The van der Waals surface area contributed by atoms with Gasteiger partial charge in [0, 0.05) is 19.7 Å². The SMILES string of the molecule is CNCc1ccc(S(=O)(=O)NCC2(C)CCCO2)c(F)c1. The lowest BCUT2D eigenvalue weighted by Gasteiger charge is -2.23. The number of nitrogens with one attached hydrogen (secondary N) is 2. The van der Waals surface area contributed by atoms with Crippen LogP contribution in [0.3, 0.4) is 0 Å². The van der Waals surface area contributed by atoms with E-state index in [2.05, 4.69) is 10.0 Å². The van der Waals surface area contributed by atoms with Gasteiger partial charge in [0.05, 0.1) is 5.60 Å². The van der Waals surface area contributed by atoms with Gasteiger partial charge in [-0.25, -0.2) is 17.5 Å². The highest BCUT2D eigenvalue weighted by Gasteiger charge is 2.32. The van der Waals surface area contributed by atoms with Crippen LogP contribution < -0.4 is 10.0 Å². The standard InChI is InChI=1S/C14H21FN2O3S/c1-14(6-3-7-20-14)10-17-21(18,19)13-5-4-11(9-16-2)8-12(13)15/h4-5,8,16-17H,3,6-7,9-10H2,1-2H3. The molecule has 1 aliphatic heterocycles. The molecule has 0 bridgehead atoms. The Labute approximate surface area is 124 Å². The van der Waals surface area contributed by atoms with Gasteiger partial charge in [0.1, 0.15) is 10.7 Å². The largest absolute Gasteiger partial charge is 0.374 e. The van der Waals surface area contributed by atoms with Crippen molar-refractivity contribution in [3.8, 4) is 0 Å². The van der Waals surface area contributed by atoms with Crippen LogP contribution in [0, 0.1) is 5.82 Å². The summed E-state index contributed by atoms with van der Waals surface area (Å²) in [6.45, 7) is 3.11. The lowest BCUT2D eigenvalue weighted by Crippen LogP contribution is -2.40. The zero-order chi connectivity index (χ0) is 15.5. The molecular weight excluding hydrogens is 295 g/mol. The summed E-state index contributed by atoms with van der Waals surface area (Å²) in [5.74, 6) is -0.743. The molecule has 0 spiro atoms. The lowest BCUT2D eigenvalue weighted by molar-refractivity contribution is 0.0250. The van der Waals surface area contributed by atoms with E-state index in [0.717, 1.165) is 12.8 Å². The van der Waals surface area contributed by atoms with Crippen molar-refractivity contribution in [3.63, 3.8) is 0 Å². The van der Waals surface area contributed by atoms with E-state index < -0.39 is 21.4 Å². The Balaban J connectivity index is 2.12. The summed E-state index contributed by atoms with van der Waals surface area (Å²) in [5, 5.41) is 2.89. The van der Waals surface area contributed by atoms with Crippen LogP contribution in [0.25, 0.3) is 0 Å². The Morgan fingerprint density at radius 3 is 2.76 bits per heavy atom. The van der Waals surface area contributed by atoms with Crippen LogP contribution in [0.2, 0.25) is 0 Å². The molecule has 0 aromatic heterocycles. The van der Waals surface area contributed by atoms with Crippen molar-refractivity contribution in [2.45, 2.75) is 36.8 Å². The Hall–Kier alpha value is -1.02. The molecule has 118 valence electrons. The second kappa shape index (κ2) is 6.39. The fourth-order valence-corrected chi connectivity index (χ4v) is 3.59. The van der Waals surface area contributed by atoms with Crippen molar-refractivity contribution in [3.05, 3.63) is 29.6 Å². The Morgan fingerprint density at radius 2 is 2.19 bits per heavy atom. The minimum Gasteiger partial charge on any atom is -0.374 e. The van der Waals surface area contributed by atoms with E-state index in [1.54, 1.807) is 13.1 Å². The molecule has 1 heterocycles. The van der Waals surface area contributed by atoms with Crippen LogP contribution in [0.1, 0.15) is 25.3 Å². The topological polar surface area (TPSA) is 67.4 Å². The van der Waals surface area contributed by atoms with Gasteiger partial charge >= 0.3 is 0 Å². The maximum Gasteiger partial charge on any atom is 0.243 e. The maximum atomic E-state index is 14.0. The van der Waals surface area contributed by atoms with Crippen molar-refractivity contribution in [2.24, 2.45) is 0 Å². The van der Waals surface area contributed by atoms with Crippen LogP contribution in [0.15, 0.2) is 23.1 Å². The molecule has 1 aliphatic rings. The molecule has 1 saturated heterocycles. The van der Waals surface area contributed by atoms with Gasteiger partial charge in [-0.15, -0.1) is 0 Å². The van der Waals surface area contributed by atoms with Crippen molar-refractivity contribution in [2.75, 3.05) is 20.2 Å². The van der Waals surface area contributed by atoms with Gasteiger partial charge in [0.25, 0.3) is 0 Å². The predicted octanol–water partition coefficient (Wildman–Crippen LogP) is 1.39. The first kappa shape index (κ1) is 16.4. The summed E-state index contributed by atoms with van der Waals surface area (Å²) >= 11 is 0. The number of benzene rings is 1. The number of sulfonamides is 1. The summed E-state index contributed by atoms with van der Waals surface area (Å²) < 4.78 is 46.4. The number of hydrogen-bond acceptors (Lipinski definition) is 4. The van der Waals surface area contributed by atoms with Gasteiger partial charge in [-0.2, -0.15) is 0 Å². The van der Waals surface area contributed by atoms with Crippen molar-refractivity contribution in [1.82, 2.24) is 10.0 Å². The molecule has 2 N–H and O–H groups in total. The first-order chi connectivity index (χ1) is 9.86. The number of halogens is 1. The molecule has 7 heteroatoms. The third-order valence-electron chi connectivity index (χ3n) is 3.60. The normalized spacial score (nSPS) is 22.6. The van der Waals surface area contributed by atoms with Gasteiger partial charge in [-0.1, -0.05) is 6.07 Å². The minimum absolute atomic E-state index is 0.146. The maximum absolute atomic E-state index is 14.0. The molecule has 0 amide bonds. The van der Waals surface area contributed by atoms with E-state index in [1.165, 1.54) is 12.1 Å². The Bertz CT molecular complexity index is 598. The molecule has 1 unspecified atom stereocenters. The van der Waals surface area contributed by atoms with Crippen LogP contribution in [0.5, 0.6) is 0 Å². The summed E-state index contributed by atoms with van der Waals surface area (Å²) in [4.78, 5) is -0.330. The number of hydrogen-bond donors (Lipinski definition) is 2. The van der Waals surface area contributed by atoms with Crippen LogP contribution in [-0.2, 0) is 21.3 Å². The van der Waals surface area contributed by atoms with Gasteiger partial charge in [-0.05, 0) is 44.5 Å². The molecule has 1 aromatic rings. The van der Waals surface area contributed by atoms with Crippen LogP contribution in [-0.4, -0.2) is 34.2 Å². The van der Waals surface area contributed by atoms with E-state index in [0.29, 0.717) is 18.7 Å². The van der Waals surface area contributed by atoms with E-state index >= 15 is 0 Å². The summed E-state index contributed by atoms with van der Waals surface area (Å²) in [6.07, 6.45) is 1.70. The van der Waals surface area contributed by atoms with Crippen molar-refractivity contribution < 1.29 is 17.5 Å². The third kappa shape index (κ3) is 4.00.